The summed E-state index contributed by atoms with van der Waals surface area (Å²) < 4.78 is 0. The number of hydrogen-bond acceptors (Lipinski definition) is 4. The van der Waals surface area contributed by atoms with Gasteiger partial charge in [-0.15, -0.1) is 11.3 Å². The molecule has 0 aliphatic rings. The van der Waals surface area contributed by atoms with E-state index in [-0.39, 0.29) is 0 Å². The van der Waals surface area contributed by atoms with Crippen molar-refractivity contribution in [3.63, 3.8) is 0 Å². The van der Waals surface area contributed by atoms with Crippen LogP contribution in [-0.2, 0) is 0 Å². The Balaban J connectivity index is 2.04. The predicted molar refractivity (Wildman–Crippen MR) is 80.2 cm³/mol. The molecule has 0 fully saturated rings. The molecule has 3 rings (SSSR count). The largest absolute Gasteiger partial charge is 0.399 e. The molecule has 94 valence electrons. The third-order valence-electron chi connectivity index (χ3n) is 2.68. The Kier molecular flexibility index (Phi) is 3.19. The SMILES string of the molecule is Nc1ccc(Cl)c(-c2nc(-c3cccnc3)cs2)c1. The van der Waals surface area contributed by atoms with Crippen molar-refractivity contribution in [3.05, 3.63) is 53.1 Å². The smallest absolute Gasteiger partial charge is 0.125 e. The molecule has 0 bridgehead atoms. The first-order valence-electron chi connectivity index (χ1n) is 5.65. The quantitative estimate of drug-likeness (QED) is 0.722. The molecule has 0 atom stereocenters. The molecule has 2 N–H and O–H groups in total. The molecule has 0 aliphatic carbocycles. The number of halogens is 1. The van der Waals surface area contributed by atoms with Gasteiger partial charge < -0.3 is 5.73 Å². The van der Waals surface area contributed by atoms with Crippen LogP contribution in [0.3, 0.4) is 0 Å². The highest BCUT2D eigenvalue weighted by atomic mass is 35.5. The van der Waals surface area contributed by atoms with Gasteiger partial charge in [-0.1, -0.05) is 11.6 Å². The van der Waals surface area contributed by atoms with E-state index < -0.39 is 0 Å². The average Bonchev–Trinajstić information content (AvgIpc) is 2.92. The van der Waals surface area contributed by atoms with E-state index in [0.717, 1.165) is 21.8 Å². The highest BCUT2D eigenvalue weighted by molar-refractivity contribution is 7.13. The molecule has 1 aromatic carbocycles. The van der Waals surface area contributed by atoms with Crippen molar-refractivity contribution in [2.24, 2.45) is 0 Å². The van der Waals surface area contributed by atoms with E-state index in [4.69, 9.17) is 17.3 Å². The average molecular weight is 288 g/mol. The number of pyridine rings is 1. The zero-order chi connectivity index (χ0) is 13.2. The van der Waals surface area contributed by atoms with Crippen molar-refractivity contribution < 1.29 is 0 Å². The molecule has 19 heavy (non-hydrogen) atoms. The topological polar surface area (TPSA) is 51.8 Å². The van der Waals surface area contributed by atoms with Crippen LogP contribution in [0.25, 0.3) is 21.8 Å². The van der Waals surface area contributed by atoms with Crippen LogP contribution < -0.4 is 5.73 Å². The van der Waals surface area contributed by atoms with E-state index in [9.17, 15) is 0 Å². The van der Waals surface area contributed by atoms with Crippen LogP contribution in [-0.4, -0.2) is 9.97 Å². The number of benzene rings is 1. The summed E-state index contributed by atoms with van der Waals surface area (Å²) in [4.78, 5) is 8.68. The van der Waals surface area contributed by atoms with Crippen molar-refractivity contribution in [1.82, 2.24) is 9.97 Å². The fourth-order valence-electron chi connectivity index (χ4n) is 1.75. The van der Waals surface area contributed by atoms with Gasteiger partial charge in [0.2, 0.25) is 0 Å². The van der Waals surface area contributed by atoms with Gasteiger partial charge in [0, 0.05) is 34.6 Å². The number of nitrogens with zero attached hydrogens (tertiary/aromatic N) is 2. The molecular formula is C14H10ClN3S. The molecule has 0 spiro atoms. The zero-order valence-electron chi connectivity index (χ0n) is 9.88. The van der Waals surface area contributed by atoms with Crippen LogP contribution >= 0.6 is 22.9 Å². The number of rotatable bonds is 2. The minimum Gasteiger partial charge on any atom is -0.399 e. The van der Waals surface area contributed by atoms with E-state index in [2.05, 4.69) is 9.97 Å². The summed E-state index contributed by atoms with van der Waals surface area (Å²) in [6.07, 6.45) is 3.53. The molecule has 3 nitrogen and oxygen atoms in total. The fraction of sp³-hybridized carbons (Fsp3) is 0. The number of nitrogen functional groups attached to an aromatic ring is 1. The maximum absolute atomic E-state index is 6.18. The third-order valence-corrected chi connectivity index (χ3v) is 3.89. The fourth-order valence-corrected chi connectivity index (χ4v) is 2.87. The minimum atomic E-state index is 0.654. The summed E-state index contributed by atoms with van der Waals surface area (Å²) in [5.41, 5.74) is 9.22. The maximum Gasteiger partial charge on any atom is 0.125 e. The Bertz CT molecular complexity index is 710. The van der Waals surface area contributed by atoms with Gasteiger partial charge in [-0.25, -0.2) is 4.98 Å². The Morgan fingerprint density at radius 1 is 1.21 bits per heavy atom. The highest BCUT2D eigenvalue weighted by Gasteiger charge is 2.10. The lowest BCUT2D eigenvalue weighted by molar-refractivity contribution is 1.31. The summed E-state index contributed by atoms with van der Waals surface area (Å²) in [6, 6.07) is 9.28. The highest BCUT2D eigenvalue weighted by Crippen LogP contribution is 2.34. The van der Waals surface area contributed by atoms with Gasteiger partial charge in [-0.2, -0.15) is 0 Å². The first-order valence-corrected chi connectivity index (χ1v) is 6.91. The third kappa shape index (κ3) is 2.45. The molecule has 0 aliphatic heterocycles. The Hall–Kier alpha value is -1.91. The molecule has 0 amide bonds. The summed E-state index contributed by atoms with van der Waals surface area (Å²) in [6.45, 7) is 0. The van der Waals surface area contributed by atoms with Crippen molar-refractivity contribution >= 4 is 28.6 Å². The van der Waals surface area contributed by atoms with Crippen LogP contribution in [0.2, 0.25) is 5.02 Å². The lowest BCUT2D eigenvalue weighted by Crippen LogP contribution is -1.86. The first-order chi connectivity index (χ1) is 9.24. The number of thiazole rings is 1. The lowest BCUT2D eigenvalue weighted by Gasteiger charge is -2.01. The van der Waals surface area contributed by atoms with E-state index >= 15 is 0 Å². The standard InChI is InChI=1S/C14H10ClN3S/c15-12-4-3-10(16)6-11(12)14-18-13(8-19-14)9-2-1-5-17-7-9/h1-8H,16H2. The molecule has 0 saturated heterocycles. The van der Waals surface area contributed by atoms with Gasteiger partial charge in [0.15, 0.2) is 0 Å². The van der Waals surface area contributed by atoms with Gasteiger partial charge in [0.05, 0.1) is 10.7 Å². The molecule has 2 heterocycles. The summed E-state index contributed by atoms with van der Waals surface area (Å²) in [5.74, 6) is 0. The normalized spacial score (nSPS) is 10.6. The number of nitrogens with two attached hydrogens (primary N) is 1. The van der Waals surface area contributed by atoms with Crippen molar-refractivity contribution in [3.8, 4) is 21.8 Å². The van der Waals surface area contributed by atoms with Gasteiger partial charge in [-0.3, -0.25) is 4.98 Å². The van der Waals surface area contributed by atoms with Crippen molar-refractivity contribution in [1.29, 1.82) is 0 Å². The van der Waals surface area contributed by atoms with Gasteiger partial charge in [-0.05, 0) is 30.3 Å². The monoisotopic (exact) mass is 287 g/mol. The molecule has 2 aromatic heterocycles. The second kappa shape index (κ2) is 4.99. The minimum absolute atomic E-state index is 0.654. The van der Waals surface area contributed by atoms with E-state index in [0.29, 0.717) is 10.7 Å². The molecule has 5 heteroatoms. The van der Waals surface area contributed by atoms with Crippen LogP contribution in [0.15, 0.2) is 48.1 Å². The summed E-state index contributed by atoms with van der Waals surface area (Å²) in [7, 11) is 0. The molecular weight excluding hydrogens is 278 g/mol. The van der Waals surface area contributed by atoms with Crippen molar-refractivity contribution in [2.75, 3.05) is 5.73 Å². The Morgan fingerprint density at radius 3 is 2.89 bits per heavy atom. The van der Waals surface area contributed by atoms with E-state index in [1.165, 1.54) is 0 Å². The van der Waals surface area contributed by atoms with Gasteiger partial charge in [0.25, 0.3) is 0 Å². The summed E-state index contributed by atoms with van der Waals surface area (Å²) in [5, 5.41) is 3.50. The van der Waals surface area contributed by atoms with Crippen LogP contribution in [0.4, 0.5) is 5.69 Å². The number of anilines is 1. The second-order valence-corrected chi connectivity index (χ2v) is 5.28. The van der Waals surface area contributed by atoms with Gasteiger partial charge >= 0.3 is 0 Å². The van der Waals surface area contributed by atoms with Crippen LogP contribution in [0, 0.1) is 0 Å². The van der Waals surface area contributed by atoms with Crippen LogP contribution in [0.1, 0.15) is 0 Å². The van der Waals surface area contributed by atoms with E-state index in [1.54, 1.807) is 35.9 Å². The number of aromatic nitrogens is 2. The predicted octanol–water partition coefficient (Wildman–Crippen LogP) is 4.11. The Labute approximate surface area is 119 Å². The van der Waals surface area contributed by atoms with Crippen molar-refractivity contribution in [2.45, 2.75) is 0 Å². The number of hydrogen-bond donors (Lipinski definition) is 1. The first kappa shape index (κ1) is 12.1. The molecule has 0 radical (unpaired) electrons. The molecule has 3 aromatic rings. The van der Waals surface area contributed by atoms with Crippen LogP contribution in [0.5, 0.6) is 0 Å². The molecule has 0 saturated carbocycles. The second-order valence-electron chi connectivity index (χ2n) is 4.02. The van der Waals surface area contributed by atoms with Gasteiger partial charge in [0.1, 0.15) is 5.01 Å². The maximum atomic E-state index is 6.18. The lowest BCUT2D eigenvalue weighted by atomic mass is 10.2. The summed E-state index contributed by atoms with van der Waals surface area (Å²) >= 11 is 7.73. The Morgan fingerprint density at radius 2 is 2.11 bits per heavy atom. The zero-order valence-corrected chi connectivity index (χ0v) is 11.4. The molecule has 0 unspecified atom stereocenters. The van der Waals surface area contributed by atoms with E-state index in [1.807, 2.05) is 23.6 Å².